The molecule has 0 aliphatic carbocycles. The molecule has 1 aliphatic heterocycles. The maximum absolute atomic E-state index is 13.0. The molecule has 1 aliphatic rings. The first-order valence-corrected chi connectivity index (χ1v) is 8.86. The third kappa shape index (κ3) is 5.68. The summed E-state index contributed by atoms with van der Waals surface area (Å²) in [6, 6.07) is 9.24. The number of benzene rings is 1. The quantitative estimate of drug-likeness (QED) is 0.492. The van der Waals surface area contributed by atoms with Crippen LogP contribution in [-0.4, -0.2) is 61.0 Å². The van der Waals surface area contributed by atoms with Crippen molar-refractivity contribution in [2.24, 2.45) is 0 Å². The molecule has 0 unspecified atom stereocenters. The molecule has 4 rings (SSSR count). The SMILES string of the molecule is O.O=C(O)c1ccc(OC2CCN(c3ccc4nnc(C(F)(F)F)n4n3)CC2)cc1.[Li+].[OH-]. The van der Waals surface area contributed by atoms with Crippen LogP contribution in [0.15, 0.2) is 36.4 Å². The molecule has 14 heteroatoms. The van der Waals surface area contributed by atoms with E-state index in [1.807, 2.05) is 4.90 Å². The Morgan fingerprint density at radius 2 is 1.69 bits per heavy atom. The largest absolute Gasteiger partial charge is 1.00 e. The second kappa shape index (κ2) is 10.6. The van der Waals surface area contributed by atoms with Gasteiger partial charge in [-0.2, -0.15) is 17.7 Å². The Labute approximate surface area is 191 Å². The maximum atomic E-state index is 13.0. The number of hydrogen-bond acceptors (Lipinski definition) is 7. The number of carboxylic acid groups (broad SMARTS) is 1. The van der Waals surface area contributed by atoms with E-state index in [2.05, 4.69) is 15.3 Å². The van der Waals surface area contributed by atoms with Crippen LogP contribution in [-0.2, 0) is 6.18 Å². The molecule has 10 nitrogen and oxygen atoms in total. The third-order valence-electron chi connectivity index (χ3n) is 4.67. The van der Waals surface area contributed by atoms with Crippen molar-refractivity contribution in [3.05, 3.63) is 47.8 Å². The fourth-order valence-corrected chi connectivity index (χ4v) is 3.20. The molecular formula is C18H19F3LiN5O5. The maximum Gasteiger partial charge on any atom is 1.00 e. The number of ether oxygens (including phenoxy) is 1. The van der Waals surface area contributed by atoms with Crippen LogP contribution < -0.4 is 28.5 Å². The Balaban J connectivity index is 0.00000171. The molecule has 32 heavy (non-hydrogen) atoms. The second-order valence-corrected chi connectivity index (χ2v) is 6.62. The van der Waals surface area contributed by atoms with Gasteiger partial charge < -0.3 is 25.7 Å². The normalized spacial score (nSPS) is 14.2. The molecule has 2 aromatic heterocycles. The van der Waals surface area contributed by atoms with Crippen LogP contribution in [0.1, 0.15) is 29.0 Å². The van der Waals surface area contributed by atoms with Crippen molar-refractivity contribution >= 4 is 17.4 Å². The van der Waals surface area contributed by atoms with Gasteiger partial charge in [-0.05, 0) is 36.4 Å². The van der Waals surface area contributed by atoms with Gasteiger partial charge in [0.1, 0.15) is 17.7 Å². The third-order valence-corrected chi connectivity index (χ3v) is 4.67. The van der Waals surface area contributed by atoms with Crippen molar-refractivity contribution in [1.29, 1.82) is 0 Å². The van der Waals surface area contributed by atoms with Crippen molar-refractivity contribution < 1.29 is 57.6 Å². The van der Waals surface area contributed by atoms with Gasteiger partial charge in [-0.25, -0.2) is 4.79 Å². The molecule has 0 bridgehead atoms. The summed E-state index contributed by atoms with van der Waals surface area (Å²) in [5.41, 5.74) is 0.213. The zero-order valence-corrected chi connectivity index (χ0v) is 17.0. The van der Waals surface area contributed by atoms with E-state index in [0.29, 0.717) is 42.0 Å². The Morgan fingerprint density at radius 1 is 1.06 bits per heavy atom. The fraction of sp³-hybridized carbons (Fsp3) is 0.333. The van der Waals surface area contributed by atoms with E-state index in [0.717, 1.165) is 0 Å². The van der Waals surface area contributed by atoms with Crippen molar-refractivity contribution in [3.63, 3.8) is 0 Å². The number of halogens is 3. The average molecular weight is 449 g/mol. The van der Waals surface area contributed by atoms with Crippen molar-refractivity contribution in [2.75, 3.05) is 18.0 Å². The zero-order valence-electron chi connectivity index (χ0n) is 17.0. The predicted octanol–water partition coefficient (Wildman–Crippen LogP) is -1.11. The molecule has 3 aromatic rings. The van der Waals surface area contributed by atoms with Crippen molar-refractivity contribution in [3.8, 4) is 5.75 Å². The van der Waals surface area contributed by atoms with Gasteiger partial charge in [-0.15, -0.1) is 15.3 Å². The Morgan fingerprint density at radius 3 is 2.25 bits per heavy atom. The molecule has 168 valence electrons. The molecule has 4 N–H and O–H groups in total. The van der Waals surface area contributed by atoms with Gasteiger partial charge in [0, 0.05) is 25.9 Å². The van der Waals surface area contributed by atoms with E-state index in [9.17, 15) is 18.0 Å². The summed E-state index contributed by atoms with van der Waals surface area (Å²) in [4.78, 5) is 12.8. The molecule has 0 spiro atoms. The van der Waals surface area contributed by atoms with Crippen LogP contribution in [0.3, 0.4) is 0 Å². The number of nitrogens with zero attached hydrogens (tertiary/aromatic N) is 5. The van der Waals surface area contributed by atoms with Crippen LogP contribution in [0.5, 0.6) is 5.75 Å². The van der Waals surface area contributed by atoms with Gasteiger partial charge in [0.05, 0.1) is 5.56 Å². The van der Waals surface area contributed by atoms with Crippen LogP contribution in [0, 0.1) is 0 Å². The first-order valence-electron chi connectivity index (χ1n) is 8.86. The molecule has 0 atom stereocenters. The van der Waals surface area contributed by atoms with Crippen LogP contribution in [0.25, 0.3) is 5.65 Å². The van der Waals surface area contributed by atoms with E-state index in [-0.39, 0.29) is 47.1 Å². The molecule has 0 saturated carbocycles. The first kappa shape index (κ1) is 27.2. The Kier molecular flexibility index (Phi) is 9.04. The number of aromatic carboxylic acids is 1. The van der Waals surface area contributed by atoms with Gasteiger partial charge in [0.25, 0.3) is 5.82 Å². The number of aromatic nitrogens is 4. The number of carbonyl (C=O) groups is 1. The van der Waals surface area contributed by atoms with Gasteiger partial charge in [0.2, 0.25) is 0 Å². The number of alkyl halides is 3. The Hall–Kier alpha value is -2.85. The van der Waals surface area contributed by atoms with Crippen LogP contribution in [0.4, 0.5) is 19.0 Å². The summed E-state index contributed by atoms with van der Waals surface area (Å²) >= 11 is 0. The zero-order chi connectivity index (χ0) is 20.6. The summed E-state index contributed by atoms with van der Waals surface area (Å²) in [5.74, 6) is -1.17. The van der Waals surface area contributed by atoms with Crippen LogP contribution >= 0.6 is 0 Å². The molecule has 0 radical (unpaired) electrons. The minimum absolute atomic E-state index is 0. The second-order valence-electron chi connectivity index (χ2n) is 6.62. The van der Waals surface area contributed by atoms with Crippen molar-refractivity contribution in [1.82, 2.24) is 19.8 Å². The summed E-state index contributed by atoms with van der Waals surface area (Å²) in [6.07, 6.45) is -3.42. The van der Waals surface area contributed by atoms with E-state index in [1.54, 1.807) is 18.2 Å². The summed E-state index contributed by atoms with van der Waals surface area (Å²) in [6.45, 7) is 1.11. The van der Waals surface area contributed by atoms with Gasteiger partial charge >= 0.3 is 31.0 Å². The molecule has 3 heterocycles. The Bertz CT molecular complexity index is 1040. The standard InChI is InChI=1S/C18H16F3N5O3.Li.2H2O/c19-18(20,21)17-23-22-14-5-6-15(24-26(14)17)25-9-7-13(8-10-25)29-12-3-1-11(2-4-12)16(27)28;;;/h1-6,13H,7-10H2,(H,27,28);;2*1H2/q;+1;;/p-1. The molecule has 1 aromatic carbocycles. The van der Waals surface area contributed by atoms with E-state index in [4.69, 9.17) is 9.84 Å². The average Bonchev–Trinajstić information content (AvgIpc) is 3.13. The number of carboxylic acids is 1. The monoisotopic (exact) mass is 449 g/mol. The summed E-state index contributed by atoms with van der Waals surface area (Å²) in [5, 5.41) is 19.7. The van der Waals surface area contributed by atoms with E-state index >= 15 is 0 Å². The predicted molar refractivity (Wildman–Crippen MR) is 101 cm³/mol. The van der Waals surface area contributed by atoms with E-state index < -0.39 is 18.0 Å². The number of rotatable bonds is 4. The first-order chi connectivity index (χ1) is 13.8. The van der Waals surface area contributed by atoms with Gasteiger partial charge in [-0.1, -0.05) is 0 Å². The fourth-order valence-electron chi connectivity index (χ4n) is 3.20. The number of anilines is 1. The van der Waals surface area contributed by atoms with Crippen LogP contribution in [0.2, 0.25) is 0 Å². The van der Waals surface area contributed by atoms with Gasteiger partial charge in [0.15, 0.2) is 5.65 Å². The topological polar surface area (TPSA) is 154 Å². The molecule has 0 amide bonds. The summed E-state index contributed by atoms with van der Waals surface area (Å²) < 4.78 is 45.7. The van der Waals surface area contributed by atoms with Gasteiger partial charge in [-0.3, -0.25) is 0 Å². The molecule has 1 fully saturated rings. The molecule has 1 saturated heterocycles. The van der Waals surface area contributed by atoms with Crippen molar-refractivity contribution in [2.45, 2.75) is 25.1 Å². The smallest absolute Gasteiger partial charge is 0.870 e. The summed E-state index contributed by atoms with van der Waals surface area (Å²) in [7, 11) is 0. The number of piperidine rings is 1. The number of hydrogen-bond donors (Lipinski definition) is 1. The minimum Gasteiger partial charge on any atom is -0.870 e. The minimum atomic E-state index is -4.64. The molecular weight excluding hydrogens is 430 g/mol. The van der Waals surface area contributed by atoms with E-state index in [1.165, 1.54) is 18.2 Å². The number of fused-ring (bicyclic) bond motifs is 1.